The second kappa shape index (κ2) is 10.2. The van der Waals surface area contributed by atoms with E-state index in [-0.39, 0.29) is 18.9 Å². The summed E-state index contributed by atoms with van der Waals surface area (Å²) in [5, 5.41) is 15.7. The van der Waals surface area contributed by atoms with Crippen LogP contribution in [0.15, 0.2) is 30.3 Å². The van der Waals surface area contributed by atoms with Gasteiger partial charge in [-0.25, -0.2) is 9.59 Å². The molecule has 0 aliphatic heterocycles. The molecule has 0 radical (unpaired) electrons. The quantitative estimate of drug-likeness (QED) is 0.596. The van der Waals surface area contributed by atoms with E-state index < -0.39 is 35.7 Å². The first-order valence-corrected chi connectivity index (χ1v) is 9.86. The third-order valence-electron chi connectivity index (χ3n) is 5.20. The molecular formula is C21H30N2O6. The molecule has 1 aliphatic rings. The molecular weight excluding hydrogens is 376 g/mol. The molecule has 1 aromatic carbocycles. The Morgan fingerprint density at radius 1 is 1.21 bits per heavy atom. The van der Waals surface area contributed by atoms with Gasteiger partial charge in [-0.1, -0.05) is 57.0 Å². The highest BCUT2D eigenvalue weighted by atomic mass is 16.5. The number of nitrogens with one attached hydrogen (secondary N) is 2. The maximum atomic E-state index is 12.9. The number of hydrogen-bond acceptors (Lipinski definition) is 6. The van der Waals surface area contributed by atoms with Gasteiger partial charge in [-0.2, -0.15) is 0 Å². The number of carbonyl (C=O) groups is 3. The minimum absolute atomic E-state index is 0.0733. The molecule has 0 spiro atoms. The number of aliphatic hydroxyl groups excluding tert-OH is 1. The largest absolute Gasteiger partial charge is 0.467 e. The highest BCUT2D eigenvalue weighted by molar-refractivity contribution is 5.92. The average Bonchev–Trinajstić information content (AvgIpc) is 2.72. The molecule has 2 amide bonds. The first-order chi connectivity index (χ1) is 13.8. The van der Waals surface area contributed by atoms with Crippen molar-refractivity contribution in [3.63, 3.8) is 0 Å². The fourth-order valence-corrected chi connectivity index (χ4v) is 3.50. The summed E-state index contributed by atoms with van der Waals surface area (Å²) in [6.45, 7) is 3.61. The Balaban J connectivity index is 2.05. The number of carbonyl (C=O) groups excluding carboxylic acids is 3. The van der Waals surface area contributed by atoms with Crippen LogP contribution in [0.25, 0.3) is 0 Å². The lowest BCUT2D eigenvalue weighted by Crippen LogP contribution is -2.66. The van der Waals surface area contributed by atoms with E-state index in [0.29, 0.717) is 12.8 Å². The van der Waals surface area contributed by atoms with E-state index >= 15 is 0 Å². The molecule has 1 fully saturated rings. The molecule has 0 heterocycles. The van der Waals surface area contributed by atoms with Crippen molar-refractivity contribution in [3.05, 3.63) is 35.9 Å². The molecule has 3 N–H and O–H groups in total. The summed E-state index contributed by atoms with van der Waals surface area (Å²) in [4.78, 5) is 37.5. The minimum atomic E-state index is -1.51. The number of aliphatic hydroxyl groups is 1. The Labute approximate surface area is 171 Å². The lowest BCUT2D eigenvalue weighted by atomic mass is 9.78. The molecule has 29 heavy (non-hydrogen) atoms. The van der Waals surface area contributed by atoms with E-state index in [9.17, 15) is 19.5 Å². The van der Waals surface area contributed by atoms with Crippen LogP contribution >= 0.6 is 0 Å². The van der Waals surface area contributed by atoms with Gasteiger partial charge in [0.15, 0.2) is 5.54 Å². The van der Waals surface area contributed by atoms with Crippen molar-refractivity contribution in [1.82, 2.24) is 10.6 Å². The maximum Gasteiger partial charge on any atom is 0.408 e. The molecule has 1 saturated carbocycles. The van der Waals surface area contributed by atoms with Crippen molar-refractivity contribution in [2.24, 2.45) is 5.92 Å². The van der Waals surface area contributed by atoms with Crippen molar-refractivity contribution in [2.75, 3.05) is 7.11 Å². The van der Waals surface area contributed by atoms with Gasteiger partial charge in [-0.3, -0.25) is 4.79 Å². The van der Waals surface area contributed by atoms with Gasteiger partial charge in [0.25, 0.3) is 0 Å². The first-order valence-electron chi connectivity index (χ1n) is 9.86. The Hall–Kier alpha value is -2.61. The highest BCUT2D eigenvalue weighted by Crippen LogP contribution is 2.30. The summed E-state index contributed by atoms with van der Waals surface area (Å²) in [7, 11) is 1.22. The number of ether oxygens (including phenoxy) is 2. The minimum Gasteiger partial charge on any atom is -0.467 e. The van der Waals surface area contributed by atoms with Crippen molar-refractivity contribution < 1.29 is 29.0 Å². The van der Waals surface area contributed by atoms with Gasteiger partial charge in [0.2, 0.25) is 5.91 Å². The predicted molar refractivity (Wildman–Crippen MR) is 106 cm³/mol. The second-order valence-corrected chi connectivity index (χ2v) is 7.64. The van der Waals surface area contributed by atoms with Crippen molar-refractivity contribution >= 4 is 18.0 Å². The summed E-state index contributed by atoms with van der Waals surface area (Å²) in [5.74, 6) is -1.52. The van der Waals surface area contributed by atoms with Gasteiger partial charge in [-0.05, 0) is 24.3 Å². The van der Waals surface area contributed by atoms with Crippen LogP contribution in [0.5, 0.6) is 0 Å². The van der Waals surface area contributed by atoms with Crippen molar-refractivity contribution in [1.29, 1.82) is 0 Å². The van der Waals surface area contributed by atoms with E-state index in [0.717, 1.165) is 12.0 Å². The second-order valence-electron chi connectivity index (χ2n) is 7.64. The fourth-order valence-electron chi connectivity index (χ4n) is 3.50. The van der Waals surface area contributed by atoms with Gasteiger partial charge in [0.05, 0.1) is 13.2 Å². The number of benzene rings is 1. The Bertz CT molecular complexity index is 708. The molecule has 3 atom stereocenters. The molecule has 8 nitrogen and oxygen atoms in total. The molecule has 0 unspecified atom stereocenters. The molecule has 1 aliphatic carbocycles. The number of esters is 1. The van der Waals surface area contributed by atoms with Gasteiger partial charge in [0, 0.05) is 0 Å². The zero-order valence-corrected chi connectivity index (χ0v) is 17.1. The predicted octanol–water partition coefficient (Wildman–Crippen LogP) is 1.90. The smallest absolute Gasteiger partial charge is 0.408 e. The SMILES string of the molecule is COC(=O)[C@@]1(NC(=O)[C@@H](NC(=O)OCc2ccccc2)C(C)C)CCCC[C@@H]1O. The van der Waals surface area contributed by atoms with Gasteiger partial charge in [-0.15, -0.1) is 0 Å². The number of alkyl carbamates (subject to hydrolysis) is 1. The van der Waals surface area contributed by atoms with Crippen LogP contribution in [0.2, 0.25) is 0 Å². The summed E-state index contributed by atoms with van der Waals surface area (Å²) in [5.41, 5.74) is -0.685. The molecule has 0 bridgehead atoms. The number of amides is 2. The Morgan fingerprint density at radius 2 is 1.90 bits per heavy atom. The van der Waals surface area contributed by atoms with E-state index in [2.05, 4.69) is 10.6 Å². The number of hydrogen-bond donors (Lipinski definition) is 3. The first kappa shape index (κ1) is 22.7. The number of rotatable bonds is 7. The summed E-state index contributed by atoms with van der Waals surface area (Å²) < 4.78 is 10.0. The molecule has 1 aromatic rings. The van der Waals surface area contributed by atoms with Gasteiger partial charge >= 0.3 is 12.1 Å². The van der Waals surface area contributed by atoms with Crippen LogP contribution in [0.1, 0.15) is 45.1 Å². The lowest BCUT2D eigenvalue weighted by Gasteiger charge is -2.40. The summed E-state index contributed by atoms with van der Waals surface area (Å²) in [6, 6.07) is 8.24. The third kappa shape index (κ3) is 5.69. The van der Waals surface area contributed by atoms with E-state index in [1.165, 1.54) is 7.11 Å². The Kier molecular flexibility index (Phi) is 8.01. The lowest BCUT2D eigenvalue weighted by molar-refractivity contribution is -0.159. The molecule has 0 aromatic heterocycles. The molecule has 2 rings (SSSR count). The maximum absolute atomic E-state index is 12.9. The number of methoxy groups -OCH3 is 1. The van der Waals surface area contributed by atoms with E-state index in [1.54, 1.807) is 13.8 Å². The van der Waals surface area contributed by atoms with Crippen LogP contribution < -0.4 is 10.6 Å². The average molecular weight is 406 g/mol. The van der Waals surface area contributed by atoms with Crippen LogP contribution in [-0.4, -0.2) is 47.9 Å². The third-order valence-corrected chi connectivity index (χ3v) is 5.20. The summed E-state index contributed by atoms with van der Waals surface area (Å²) in [6.07, 6.45) is 0.299. The van der Waals surface area contributed by atoms with Crippen LogP contribution in [-0.2, 0) is 25.7 Å². The zero-order valence-electron chi connectivity index (χ0n) is 17.1. The zero-order chi connectivity index (χ0) is 21.4. The van der Waals surface area contributed by atoms with Crippen molar-refractivity contribution in [2.45, 2.75) is 63.8 Å². The van der Waals surface area contributed by atoms with Crippen LogP contribution in [0, 0.1) is 5.92 Å². The standard InChI is InChI=1S/C21H30N2O6/c1-14(2)17(22-20(27)29-13-15-9-5-4-6-10-15)18(25)23-21(19(26)28-3)12-8-7-11-16(21)24/h4-6,9-10,14,16-17,24H,7-8,11-13H2,1-3H3,(H,22,27)(H,23,25)/t16-,17-,21+/m0/s1. The fraction of sp³-hybridized carbons (Fsp3) is 0.571. The topological polar surface area (TPSA) is 114 Å². The van der Waals surface area contributed by atoms with Crippen molar-refractivity contribution in [3.8, 4) is 0 Å². The van der Waals surface area contributed by atoms with E-state index in [1.807, 2.05) is 30.3 Å². The van der Waals surface area contributed by atoms with Crippen LogP contribution in [0.3, 0.4) is 0 Å². The monoisotopic (exact) mass is 406 g/mol. The molecule has 160 valence electrons. The molecule has 0 saturated heterocycles. The highest BCUT2D eigenvalue weighted by Gasteiger charge is 2.49. The van der Waals surface area contributed by atoms with E-state index in [4.69, 9.17) is 9.47 Å². The normalized spacial score (nSPS) is 22.4. The Morgan fingerprint density at radius 3 is 2.48 bits per heavy atom. The van der Waals surface area contributed by atoms with Gasteiger partial charge in [0.1, 0.15) is 12.6 Å². The van der Waals surface area contributed by atoms with Crippen LogP contribution in [0.4, 0.5) is 4.79 Å². The summed E-state index contributed by atoms with van der Waals surface area (Å²) >= 11 is 0. The molecule has 8 heteroatoms. The van der Waals surface area contributed by atoms with Gasteiger partial charge < -0.3 is 25.2 Å².